The molecule has 10 heteroatoms. The molecule has 0 spiro atoms. The van der Waals surface area contributed by atoms with Gasteiger partial charge in [-0.2, -0.15) is 17.6 Å². The van der Waals surface area contributed by atoms with E-state index in [9.17, 15) is 35.9 Å². The predicted molar refractivity (Wildman–Crippen MR) is 149 cm³/mol. The van der Waals surface area contributed by atoms with Crippen LogP contribution in [0.4, 0.5) is 26.3 Å². The minimum Gasteiger partial charge on any atom is -0.465 e. The zero-order valence-corrected chi connectivity index (χ0v) is 21.2. The number of rotatable bonds is 21. The van der Waals surface area contributed by atoms with Crippen LogP contribution >= 0.6 is 0 Å². The molecule has 4 nitrogen and oxygen atoms in total. The third-order valence-electron chi connectivity index (χ3n) is 6.02. The molecule has 0 aliphatic heterocycles. The van der Waals surface area contributed by atoms with Crippen molar-refractivity contribution in [3.8, 4) is 0 Å². The maximum Gasteiger partial charge on any atom is 0.372 e. The van der Waals surface area contributed by atoms with E-state index >= 15 is 0 Å². The lowest BCUT2D eigenvalue weighted by Crippen LogP contribution is -2.49. The summed E-state index contributed by atoms with van der Waals surface area (Å²) in [4.78, 5) is 24.2. The monoisotopic (exact) mass is 584 g/mol. The lowest BCUT2D eigenvalue weighted by atomic mass is 9.94. The van der Waals surface area contributed by atoms with Gasteiger partial charge in [0.25, 0.3) is 0 Å². The maximum atomic E-state index is 13.3. The van der Waals surface area contributed by atoms with E-state index in [1.54, 1.807) is 0 Å². The van der Waals surface area contributed by atoms with Crippen molar-refractivity contribution in [1.82, 2.24) is 0 Å². The van der Waals surface area contributed by atoms with Crippen LogP contribution in [0.5, 0.6) is 0 Å². The SMILES string of the molecule is C.C.C.C.CCCCCCCCCCCCCOC(=O)C(C)CC(CC)C(=O)OCC(F)(F)C(F)(F)C(F)F. The largest absolute Gasteiger partial charge is 0.465 e. The molecule has 2 atom stereocenters. The first kappa shape index (κ1) is 47.3. The molecule has 0 N–H and O–H groups in total. The van der Waals surface area contributed by atoms with Gasteiger partial charge in [-0.05, 0) is 19.3 Å². The molecule has 0 fully saturated rings. The molecule has 0 aliphatic carbocycles. The molecule has 0 aromatic rings. The molecule has 0 heterocycles. The Labute approximate surface area is 235 Å². The molecule has 0 aromatic heterocycles. The van der Waals surface area contributed by atoms with Crippen molar-refractivity contribution in [2.75, 3.05) is 13.2 Å². The molecular formula is C29H58F6O4. The van der Waals surface area contributed by atoms with Crippen molar-refractivity contribution in [2.24, 2.45) is 11.8 Å². The number of unbranched alkanes of at least 4 members (excludes halogenated alkanes) is 10. The van der Waals surface area contributed by atoms with Gasteiger partial charge in [0.2, 0.25) is 0 Å². The standard InChI is InChI=1S/C25H42F6O4.4CH4/c1-4-6-7-8-9-10-11-12-13-14-15-16-34-21(32)19(3)17-20(5-2)22(33)35-18-24(28,29)25(30,31)23(26)27;;;;/h19-20,23H,4-18H2,1-3H3;4*1H4. The number of halogens is 6. The molecule has 0 rings (SSSR count). The summed E-state index contributed by atoms with van der Waals surface area (Å²) >= 11 is 0. The van der Waals surface area contributed by atoms with Gasteiger partial charge in [0.1, 0.15) is 0 Å². The summed E-state index contributed by atoms with van der Waals surface area (Å²) in [5.74, 6) is -14.4. The van der Waals surface area contributed by atoms with Gasteiger partial charge >= 0.3 is 30.2 Å². The Hall–Kier alpha value is -1.48. The van der Waals surface area contributed by atoms with Crippen LogP contribution in [0, 0.1) is 11.8 Å². The number of carbonyl (C=O) groups excluding carboxylic acids is 2. The Morgan fingerprint density at radius 1 is 0.692 bits per heavy atom. The third-order valence-corrected chi connectivity index (χ3v) is 6.02. The molecule has 2 unspecified atom stereocenters. The zero-order valence-electron chi connectivity index (χ0n) is 21.2. The molecule has 0 saturated heterocycles. The van der Waals surface area contributed by atoms with Gasteiger partial charge in [-0.3, -0.25) is 9.59 Å². The fourth-order valence-electron chi connectivity index (χ4n) is 3.57. The second kappa shape index (κ2) is 25.5. The Morgan fingerprint density at radius 2 is 1.13 bits per heavy atom. The van der Waals surface area contributed by atoms with Crippen molar-refractivity contribution >= 4 is 11.9 Å². The smallest absolute Gasteiger partial charge is 0.372 e. The molecule has 0 aliphatic rings. The van der Waals surface area contributed by atoms with Gasteiger partial charge < -0.3 is 9.47 Å². The van der Waals surface area contributed by atoms with Crippen molar-refractivity contribution in [3.05, 3.63) is 0 Å². The molecule has 240 valence electrons. The lowest BCUT2D eigenvalue weighted by Gasteiger charge is -2.26. The second-order valence-electron chi connectivity index (χ2n) is 9.18. The van der Waals surface area contributed by atoms with E-state index < -0.39 is 48.7 Å². The summed E-state index contributed by atoms with van der Waals surface area (Å²) in [5.41, 5.74) is 0. The van der Waals surface area contributed by atoms with Crippen molar-refractivity contribution < 1.29 is 45.4 Å². The molecule has 0 saturated carbocycles. The number of ether oxygens (including phenoxy) is 2. The van der Waals surface area contributed by atoms with Crippen LogP contribution in [-0.2, 0) is 19.1 Å². The highest BCUT2D eigenvalue weighted by Crippen LogP contribution is 2.39. The van der Waals surface area contributed by atoms with Crippen molar-refractivity contribution in [1.29, 1.82) is 0 Å². The Bertz CT molecular complexity index is 588. The Morgan fingerprint density at radius 3 is 1.54 bits per heavy atom. The van der Waals surface area contributed by atoms with Gasteiger partial charge in [0.05, 0.1) is 18.4 Å². The highest BCUT2D eigenvalue weighted by molar-refractivity contribution is 5.75. The fraction of sp³-hybridized carbons (Fsp3) is 0.931. The molecule has 0 amide bonds. The van der Waals surface area contributed by atoms with E-state index in [1.807, 2.05) is 0 Å². The summed E-state index contributed by atoms with van der Waals surface area (Å²) in [6.45, 7) is 3.29. The van der Waals surface area contributed by atoms with Gasteiger partial charge in [0, 0.05) is 0 Å². The number of esters is 2. The maximum absolute atomic E-state index is 13.3. The van der Waals surface area contributed by atoms with Crippen molar-refractivity contribution in [2.45, 2.75) is 152 Å². The van der Waals surface area contributed by atoms with E-state index in [4.69, 9.17) is 4.74 Å². The average molecular weight is 585 g/mol. The highest BCUT2D eigenvalue weighted by Gasteiger charge is 2.63. The second-order valence-corrected chi connectivity index (χ2v) is 9.18. The van der Waals surface area contributed by atoms with Crippen LogP contribution in [-0.4, -0.2) is 43.4 Å². The summed E-state index contributed by atoms with van der Waals surface area (Å²) < 4.78 is 86.3. The summed E-state index contributed by atoms with van der Waals surface area (Å²) in [6.07, 6.45) is 8.07. The molecule has 0 bridgehead atoms. The number of hydrogen-bond acceptors (Lipinski definition) is 4. The minimum atomic E-state index is -5.62. The van der Waals surface area contributed by atoms with Gasteiger partial charge in [-0.1, -0.05) is 115 Å². The highest BCUT2D eigenvalue weighted by atomic mass is 19.3. The van der Waals surface area contributed by atoms with Crippen LogP contribution in [0.2, 0.25) is 0 Å². The first-order valence-electron chi connectivity index (χ1n) is 12.8. The number of alkyl halides is 6. The normalized spacial score (nSPS) is 12.7. The van der Waals surface area contributed by atoms with Crippen LogP contribution in [0.25, 0.3) is 0 Å². The molecular weight excluding hydrogens is 526 g/mol. The number of carbonyl (C=O) groups is 2. The molecule has 39 heavy (non-hydrogen) atoms. The van der Waals surface area contributed by atoms with E-state index in [0.29, 0.717) is 6.42 Å². The Balaban J connectivity index is -0.000000963. The van der Waals surface area contributed by atoms with Crippen LogP contribution in [0.3, 0.4) is 0 Å². The van der Waals surface area contributed by atoms with Gasteiger partial charge in [0.15, 0.2) is 6.61 Å². The lowest BCUT2D eigenvalue weighted by molar-refractivity contribution is -0.277. The topological polar surface area (TPSA) is 52.6 Å². The fourth-order valence-corrected chi connectivity index (χ4v) is 3.57. The van der Waals surface area contributed by atoms with Gasteiger partial charge in [-0.15, -0.1) is 0 Å². The minimum absolute atomic E-state index is 0. The molecule has 0 radical (unpaired) electrons. The Kier molecular flexibility index (Phi) is 30.9. The van der Waals surface area contributed by atoms with E-state index in [0.717, 1.165) is 19.3 Å². The quantitative estimate of drug-likeness (QED) is 0.0765. The number of hydrogen-bond donors (Lipinski definition) is 0. The van der Waals surface area contributed by atoms with Crippen LogP contribution in [0.1, 0.15) is 134 Å². The van der Waals surface area contributed by atoms with Gasteiger partial charge in [-0.25, -0.2) is 8.78 Å². The van der Waals surface area contributed by atoms with E-state index in [2.05, 4.69) is 11.7 Å². The average Bonchev–Trinajstić information content (AvgIpc) is 2.81. The van der Waals surface area contributed by atoms with Crippen molar-refractivity contribution in [3.63, 3.8) is 0 Å². The predicted octanol–water partition coefficient (Wildman–Crippen LogP) is 10.5. The first-order chi connectivity index (χ1) is 16.4. The zero-order chi connectivity index (χ0) is 26.9. The van der Waals surface area contributed by atoms with Crippen LogP contribution in [0.15, 0.2) is 0 Å². The summed E-state index contributed by atoms with van der Waals surface area (Å²) in [6, 6.07) is 0. The summed E-state index contributed by atoms with van der Waals surface area (Å²) in [7, 11) is 0. The molecule has 0 aromatic carbocycles. The van der Waals surface area contributed by atoms with E-state index in [-0.39, 0.29) is 49.2 Å². The first-order valence-corrected chi connectivity index (χ1v) is 12.8. The third kappa shape index (κ3) is 19.3. The summed E-state index contributed by atoms with van der Waals surface area (Å²) in [5, 5.41) is 0. The van der Waals surface area contributed by atoms with Crippen LogP contribution < -0.4 is 0 Å². The van der Waals surface area contributed by atoms with E-state index in [1.165, 1.54) is 58.8 Å².